The summed E-state index contributed by atoms with van der Waals surface area (Å²) in [6.45, 7) is 2.64. The van der Waals surface area contributed by atoms with Gasteiger partial charge in [-0.15, -0.1) is 0 Å². The molecule has 0 saturated heterocycles. The van der Waals surface area contributed by atoms with Crippen LogP contribution in [0, 0.1) is 0 Å². The lowest BCUT2D eigenvalue weighted by Gasteiger charge is -2.02. The maximum Gasteiger partial charge on any atom is 0.306 e. The second-order valence-corrected chi connectivity index (χ2v) is 6.00. The SMILES string of the molecule is CCCCC/C=C\COC(=O)CCCCCCCCBr. The molecule has 0 saturated carbocycles. The average molecular weight is 347 g/mol. The Hall–Kier alpha value is -0.310. The van der Waals surface area contributed by atoms with Crippen molar-refractivity contribution in [2.45, 2.75) is 77.6 Å². The Bertz CT molecular complexity index is 239. The lowest BCUT2D eigenvalue weighted by atomic mass is 10.1. The lowest BCUT2D eigenvalue weighted by Crippen LogP contribution is -2.03. The van der Waals surface area contributed by atoms with Gasteiger partial charge in [0, 0.05) is 11.8 Å². The summed E-state index contributed by atoms with van der Waals surface area (Å²) in [5.74, 6) is -0.0522. The molecule has 118 valence electrons. The van der Waals surface area contributed by atoms with Gasteiger partial charge >= 0.3 is 5.97 Å². The Morgan fingerprint density at radius 2 is 1.65 bits per heavy atom. The second-order valence-electron chi connectivity index (χ2n) is 5.21. The molecule has 0 unspecified atom stereocenters. The van der Waals surface area contributed by atoms with Gasteiger partial charge in [-0.25, -0.2) is 0 Å². The lowest BCUT2D eigenvalue weighted by molar-refractivity contribution is -0.142. The van der Waals surface area contributed by atoms with Crippen molar-refractivity contribution in [1.29, 1.82) is 0 Å². The van der Waals surface area contributed by atoms with Crippen LogP contribution in [0.5, 0.6) is 0 Å². The van der Waals surface area contributed by atoms with Gasteiger partial charge in [-0.3, -0.25) is 4.79 Å². The van der Waals surface area contributed by atoms with E-state index in [-0.39, 0.29) is 5.97 Å². The van der Waals surface area contributed by atoms with Gasteiger partial charge in [0.25, 0.3) is 0 Å². The van der Waals surface area contributed by atoms with Crippen molar-refractivity contribution in [3.05, 3.63) is 12.2 Å². The maximum absolute atomic E-state index is 11.5. The second kappa shape index (κ2) is 16.7. The summed E-state index contributed by atoms with van der Waals surface area (Å²) in [4.78, 5) is 11.5. The normalized spacial score (nSPS) is 11.1. The highest BCUT2D eigenvalue weighted by atomic mass is 79.9. The van der Waals surface area contributed by atoms with Crippen LogP contribution in [0.15, 0.2) is 12.2 Å². The van der Waals surface area contributed by atoms with E-state index in [4.69, 9.17) is 4.74 Å². The molecular weight excluding hydrogens is 316 g/mol. The highest BCUT2D eigenvalue weighted by molar-refractivity contribution is 9.09. The summed E-state index contributed by atoms with van der Waals surface area (Å²) < 4.78 is 5.16. The van der Waals surface area contributed by atoms with Crippen molar-refractivity contribution < 1.29 is 9.53 Å². The third kappa shape index (κ3) is 15.7. The molecule has 0 bridgehead atoms. The molecule has 0 fully saturated rings. The fraction of sp³-hybridized carbons (Fsp3) is 0.824. The summed E-state index contributed by atoms with van der Waals surface area (Å²) >= 11 is 3.43. The molecule has 0 spiro atoms. The summed E-state index contributed by atoms with van der Waals surface area (Å²) in [5.41, 5.74) is 0. The molecule has 0 aliphatic carbocycles. The fourth-order valence-corrected chi connectivity index (χ4v) is 2.38. The van der Waals surface area contributed by atoms with Gasteiger partial charge in [0.15, 0.2) is 0 Å². The summed E-state index contributed by atoms with van der Waals surface area (Å²) in [7, 11) is 0. The first-order chi connectivity index (χ1) is 9.81. The van der Waals surface area contributed by atoms with E-state index in [0.29, 0.717) is 13.0 Å². The van der Waals surface area contributed by atoms with Crippen LogP contribution in [0.1, 0.15) is 77.6 Å². The van der Waals surface area contributed by atoms with Crippen LogP contribution in [0.3, 0.4) is 0 Å². The molecule has 0 rings (SSSR count). The molecule has 0 radical (unpaired) electrons. The number of carbonyl (C=O) groups excluding carboxylic acids is 1. The molecule has 20 heavy (non-hydrogen) atoms. The zero-order valence-corrected chi connectivity index (χ0v) is 14.6. The van der Waals surface area contributed by atoms with Crippen LogP contribution in [0.2, 0.25) is 0 Å². The zero-order chi connectivity index (χ0) is 14.9. The van der Waals surface area contributed by atoms with Gasteiger partial charge < -0.3 is 4.74 Å². The van der Waals surface area contributed by atoms with Gasteiger partial charge in [-0.2, -0.15) is 0 Å². The first-order valence-electron chi connectivity index (χ1n) is 8.17. The Morgan fingerprint density at radius 3 is 2.35 bits per heavy atom. The molecule has 0 atom stereocenters. The Balaban J connectivity index is 3.24. The number of carbonyl (C=O) groups is 1. The number of hydrogen-bond acceptors (Lipinski definition) is 2. The maximum atomic E-state index is 11.5. The predicted octanol–water partition coefficient (Wildman–Crippen LogP) is 5.79. The molecule has 0 amide bonds. The molecule has 0 N–H and O–H groups in total. The molecule has 2 nitrogen and oxygen atoms in total. The van der Waals surface area contributed by atoms with Gasteiger partial charge in [0.05, 0.1) is 0 Å². The summed E-state index contributed by atoms with van der Waals surface area (Å²) in [6.07, 6.45) is 16.7. The first kappa shape index (κ1) is 19.7. The number of rotatable bonds is 14. The number of alkyl halides is 1. The van der Waals surface area contributed by atoms with Crippen LogP contribution >= 0.6 is 15.9 Å². The van der Waals surface area contributed by atoms with Crippen LogP contribution in [-0.4, -0.2) is 17.9 Å². The summed E-state index contributed by atoms with van der Waals surface area (Å²) in [5, 5.41) is 1.10. The molecule has 3 heteroatoms. The van der Waals surface area contributed by atoms with Crippen LogP contribution in [0.4, 0.5) is 0 Å². The molecule has 0 aliphatic rings. The molecule has 0 aromatic rings. The highest BCUT2D eigenvalue weighted by Gasteiger charge is 2.00. The number of hydrogen-bond donors (Lipinski definition) is 0. The predicted molar refractivity (Wildman–Crippen MR) is 90.4 cm³/mol. The summed E-state index contributed by atoms with van der Waals surface area (Å²) in [6, 6.07) is 0. The van der Waals surface area contributed by atoms with Crippen LogP contribution in [0.25, 0.3) is 0 Å². The van der Waals surface area contributed by atoms with E-state index in [0.717, 1.165) is 24.6 Å². The van der Waals surface area contributed by atoms with Gasteiger partial charge in [0.1, 0.15) is 6.61 Å². The largest absolute Gasteiger partial charge is 0.461 e. The van der Waals surface area contributed by atoms with Crippen molar-refractivity contribution in [3.8, 4) is 0 Å². The Morgan fingerprint density at radius 1 is 0.950 bits per heavy atom. The molecule has 0 aromatic carbocycles. The van der Waals surface area contributed by atoms with Gasteiger partial charge in [-0.1, -0.05) is 73.5 Å². The monoisotopic (exact) mass is 346 g/mol. The van der Waals surface area contributed by atoms with Crippen molar-refractivity contribution in [3.63, 3.8) is 0 Å². The zero-order valence-electron chi connectivity index (χ0n) is 13.0. The number of halogens is 1. The average Bonchev–Trinajstić information content (AvgIpc) is 2.45. The number of ether oxygens (including phenoxy) is 1. The van der Waals surface area contributed by atoms with E-state index < -0.39 is 0 Å². The van der Waals surface area contributed by atoms with E-state index in [9.17, 15) is 4.79 Å². The van der Waals surface area contributed by atoms with Crippen LogP contribution < -0.4 is 0 Å². The van der Waals surface area contributed by atoms with E-state index in [1.54, 1.807) is 0 Å². The molecular formula is C17H31BrO2. The number of allylic oxidation sites excluding steroid dienone is 1. The van der Waals surface area contributed by atoms with Gasteiger partial charge in [-0.05, 0) is 25.7 Å². The van der Waals surface area contributed by atoms with Crippen molar-refractivity contribution in [2.75, 3.05) is 11.9 Å². The number of esters is 1. The standard InChI is InChI=1S/C17H31BrO2/c1-2-3-4-5-10-13-16-20-17(19)14-11-8-6-7-9-12-15-18/h10,13H,2-9,11-12,14-16H2,1H3/b13-10-. The van der Waals surface area contributed by atoms with Crippen molar-refractivity contribution >= 4 is 21.9 Å². The highest BCUT2D eigenvalue weighted by Crippen LogP contribution is 2.08. The Kier molecular flexibility index (Phi) is 16.5. The first-order valence-corrected chi connectivity index (χ1v) is 9.30. The molecule has 0 heterocycles. The quantitative estimate of drug-likeness (QED) is 0.172. The van der Waals surface area contributed by atoms with E-state index >= 15 is 0 Å². The molecule has 0 aromatic heterocycles. The van der Waals surface area contributed by atoms with Crippen LogP contribution in [-0.2, 0) is 9.53 Å². The smallest absolute Gasteiger partial charge is 0.306 e. The third-order valence-electron chi connectivity index (χ3n) is 3.25. The minimum Gasteiger partial charge on any atom is -0.461 e. The van der Waals surface area contributed by atoms with Crippen molar-refractivity contribution in [2.24, 2.45) is 0 Å². The molecule has 0 aliphatic heterocycles. The third-order valence-corrected chi connectivity index (χ3v) is 3.81. The van der Waals surface area contributed by atoms with Gasteiger partial charge in [0.2, 0.25) is 0 Å². The topological polar surface area (TPSA) is 26.3 Å². The van der Waals surface area contributed by atoms with Crippen molar-refractivity contribution in [1.82, 2.24) is 0 Å². The number of unbranched alkanes of at least 4 members (excludes halogenated alkanes) is 8. The van der Waals surface area contributed by atoms with E-state index in [1.807, 2.05) is 6.08 Å². The van der Waals surface area contributed by atoms with E-state index in [1.165, 1.54) is 44.9 Å². The minimum absolute atomic E-state index is 0.0522. The fourth-order valence-electron chi connectivity index (χ4n) is 1.98. The minimum atomic E-state index is -0.0522. The Labute approximate surface area is 133 Å². The van der Waals surface area contributed by atoms with E-state index in [2.05, 4.69) is 28.9 Å².